The summed E-state index contributed by atoms with van der Waals surface area (Å²) < 4.78 is 51.8. The zero-order chi connectivity index (χ0) is 30.1. The number of para-hydroxylation sites is 1. The standard InChI is InChI=1S/C25H30FN6O8P/c1-5-25(28)19(33)17(39-23(25)32-11-16(26)18-20(32)29-24(27)30-21(18)34)12-37-41(36,40-15-9-7-6-8-10-15)31-14(4)22(35)38-13(2)3/h1,6-11,13-14,17,19,23,33H,12,28H2,2-4H3,(H,31,36)(H3,27,29,30,34)/t14?,17?,19-,23?,25+,41?/m0/s1. The van der Waals surface area contributed by atoms with Crippen LogP contribution in [0.3, 0.4) is 0 Å². The molecule has 1 saturated heterocycles. The van der Waals surface area contributed by atoms with Crippen LogP contribution in [0.1, 0.15) is 27.0 Å². The highest BCUT2D eigenvalue weighted by molar-refractivity contribution is 7.52. The van der Waals surface area contributed by atoms with Crippen molar-refractivity contribution in [1.82, 2.24) is 19.6 Å². The number of benzene rings is 1. The molecule has 1 aromatic carbocycles. The molecule has 6 atom stereocenters. The van der Waals surface area contributed by atoms with Gasteiger partial charge in [-0.2, -0.15) is 10.1 Å². The molecule has 4 unspecified atom stereocenters. The number of esters is 1. The molecule has 2 aromatic heterocycles. The minimum Gasteiger partial charge on any atom is -0.462 e. The highest BCUT2D eigenvalue weighted by Crippen LogP contribution is 2.47. The monoisotopic (exact) mass is 592 g/mol. The van der Waals surface area contributed by atoms with Crippen molar-refractivity contribution in [3.63, 3.8) is 0 Å². The lowest BCUT2D eigenvalue weighted by Gasteiger charge is -2.28. The summed E-state index contributed by atoms with van der Waals surface area (Å²) in [6, 6.07) is 6.88. The molecule has 3 aromatic rings. The number of hydrogen-bond acceptors (Lipinski definition) is 11. The van der Waals surface area contributed by atoms with E-state index in [4.69, 9.17) is 36.4 Å². The number of hydrogen-bond donors (Lipinski definition) is 5. The van der Waals surface area contributed by atoms with Crippen LogP contribution in [0.2, 0.25) is 0 Å². The Morgan fingerprint density at radius 3 is 2.71 bits per heavy atom. The number of halogens is 1. The number of aliphatic hydroxyl groups excluding tert-OH is 1. The number of nitrogen functional groups attached to an aromatic ring is 1. The molecule has 0 radical (unpaired) electrons. The molecule has 0 spiro atoms. The molecule has 0 bridgehead atoms. The first-order valence-corrected chi connectivity index (χ1v) is 14.0. The lowest BCUT2D eigenvalue weighted by molar-refractivity contribution is -0.149. The Kier molecular flexibility index (Phi) is 8.55. The fourth-order valence-corrected chi connectivity index (χ4v) is 5.70. The van der Waals surface area contributed by atoms with Crippen molar-refractivity contribution in [1.29, 1.82) is 0 Å². The Morgan fingerprint density at radius 1 is 1.39 bits per heavy atom. The summed E-state index contributed by atoms with van der Waals surface area (Å²) in [7, 11) is -4.34. The molecule has 1 fully saturated rings. The summed E-state index contributed by atoms with van der Waals surface area (Å²) in [4.78, 5) is 30.8. The van der Waals surface area contributed by atoms with Crippen LogP contribution in [0, 0.1) is 18.2 Å². The number of carbonyl (C=O) groups is 1. The van der Waals surface area contributed by atoms with Gasteiger partial charge in [-0.15, -0.1) is 6.42 Å². The number of H-pyrrole nitrogens is 1. The molecule has 0 aliphatic carbocycles. The fraction of sp³-hybridized carbons (Fsp3) is 0.400. The number of aromatic nitrogens is 3. The van der Waals surface area contributed by atoms with E-state index in [0.29, 0.717) is 0 Å². The highest BCUT2D eigenvalue weighted by Gasteiger charge is 2.55. The summed E-state index contributed by atoms with van der Waals surface area (Å²) in [5, 5.41) is 13.2. The number of fused-ring (bicyclic) bond motifs is 1. The van der Waals surface area contributed by atoms with Gasteiger partial charge in [0.2, 0.25) is 5.95 Å². The van der Waals surface area contributed by atoms with E-state index in [1.165, 1.54) is 19.1 Å². The van der Waals surface area contributed by atoms with E-state index < -0.39 is 73.2 Å². The van der Waals surface area contributed by atoms with Gasteiger partial charge in [-0.3, -0.25) is 23.7 Å². The molecule has 41 heavy (non-hydrogen) atoms. The van der Waals surface area contributed by atoms with Gasteiger partial charge in [0.1, 0.15) is 29.4 Å². The van der Waals surface area contributed by atoms with Gasteiger partial charge in [0, 0.05) is 6.20 Å². The van der Waals surface area contributed by atoms with E-state index in [9.17, 15) is 23.7 Å². The smallest absolute Gasteiger partial charge is 0.459 e. The van der Waals surface area contributed by atoms with Gasteiger partial charge >= 0.3 is 13.7 Å². The second-order valence-electron chi connectivity index (χ2n) is 9.62. The van der Waals surface area contributed by atoms with E-state index >= 15 is 0 Å². The van der Waals surface area contributed by atoms with E-state index in [1.54, 1.807) is 32.0 Å². The van der Waals surface area contributed by atoms with Gasteiger partial charge in [0.25, 0.3) is 5.56 Å². The van der Waals surface area contributed by atoms with Gasteiger partial charge in [-0.1, -0.05) is 24.1 Å². The van der Waals surface area contributed by atoms with Crippen LogP contribution in [0.25, 0.3) is 11.0 Å². The molecular formula is C25H30FN6O8P. The first-order valence-electron chi connectivity index (χ1n) is 12.4. The maximum atomic E-state index is 14.7. The lowest BCUT2D eigenvalue weighted by atomic mass is 9.92. The number of nitrogens with zero attached hydrogens (tertiary/aromatic N) is 2. The minimum absolute atomic E-state index is 0.151. The van der Waals surface area contributed by atoms with Crippen LogP contribution >= 0.6 is 7.75 Å². The average molecular weight is 593 g/mol. The van der Waals surface area contributed by atoms with Crippen molar-refractivity contribution in [2.24, 2.45) is 5.73 Å². The highest BCUT2D eigenvalue weighted by atomic mass is 31.2. The van der Waals surface area contributed by atoms with E-state index in [2.05, 4.69) is 21.0 Å². The zero-order valence-electron chi connectivity index (χ0n) is 22.3. The minimum atomic E-state index is -4.34. The summed E-state index contributed by atoms with van der Waals surface area (Å²) in [5.74, 6) is 0.427. The Balaban J connectivity index is 1.62. The van der Waals surface area contributed by atoms with Gasteiger partial charge in [0.15, 0.2) is 23.2 Å². The number of nitrogens with two attached hydrogens (primary N) is 2. The van der Waals surface area contributed by atoms with Crippen LogP contribution < -0.4 is 26.6 Å². The first-order chi connectivity index (χ1) is 19.3. The maximum Gasteiger partial charge on any atom is 0.459 e. The van der Waals surface area contributed by atoms with Gasteiger partial charge in [-0.25, -0.2) is 8.96 Å². The van der Waals surface area contributed by atoms with Crippen molar-refractivity contribution in [3.05, 3.63) is 52.7 Å². The zero-order valence-corrected chi connectivity index (χ0v) is 23.2. The SMILES string of the molecule is C#C[C@]1(N)C(n2cc(F)c3c(=O)[nH]c(N)nc32)OC(COP(=O)(NC(C)C(=O)OC(C)C)Oc2ccccc2)[C@@H]1O. The van der Waals surface area contributed by atoms with Crippen LogP contribution in [0.15, 0.2) is 41.3 Å². The van der Waals surface area contributed by atoms with Crippen LogP contribution in [0.5, 0.6) is 5.75 Å². The van der Waals surface area contributed by atoms with Crippen molar-refractivity contribution in [3.8, 4) is 18.1 Å². The van der Waals surface area contributed by atoms with E-state index in [-0.39, 0.29) is 17.3 Å². The lowest BCUT2D eigenvalue weighted by Crippen LogP contribution is -2.53. The molecule has 0 amide bonds. The predicted octanol–water partition coefficient (Wildman–Crippen LogP) is 1.17. The number of rotatable bonds is 10. The maximum absolute atomic E-state index is 14.7. The van der Waals surface area contributed by atoms with Crippen molar-refractivity contribution in [2.75, 3.05) is 12.3 Å². The topological polar surface area (TPSA) is 206 Å². The Bertz CT molecular complexity index is 1570. The summed E-state index contributed by atoms with van der Waals surface area (Å²) in [6.45, 7) is 4.10. The molecule has 7 N–H and O–H groups in total. The number of terminal acetylenes is 1. The summed E-state index contributed by atoms with van der Waals surface area (Å²) in [6.07, 6.45) is 1.67. The number of aliphatic hydroxyl groups is 1. The Labute approximate surface area is 233 Å². The number of nitrogens with one attached hydrogen (secondary N) is 2. The van der Waals surface area contributed by atoms with Gasteiger partial charge < -0.3 is 30.6 Å². The summed E-state index contributed by atoms with van der Waals surface area (Å²) in [5.41, 5.74) is 8.91. The van der Waals surface area contributed by atoms with Crippen LogP contribution in [-0.4, -0.2) is 62.1 Å². The van der Waals surface area contributed by atoms with E-state index in [1.807, 2.05) is 0 Å². The molecule has 220 valence electrons. The number of anilines is 1. The largest absolute Gasteiger partial charge is 0.462 e. The van der Waals surface area contributed by atoms with Gasteiger partial charge in [-0.05, 0) is 32.9 Å². The number of aromatic amines is 1. The Hall–Kier alpha value is -3.77. The first kappa shape index (κ1) is 30.2. The predicted molar refractivity (Wildman–Crippen MR) is 145 cm³/mol. The molecule has 1 aliphatic heterocycles. The molecule has 1 aliphatic rings. The third-order valence-corrected chi connectivity index (χ3v) is 7.79. The quantitative estimate of drug-likeness (QED) is 0.128. The molecule has 3 heterocycles. The molecule has 4 rings (SSSR count). The molecular weight excluding hydrogens is 562 g/mol. The average Bonchev–Trinajstić information content (AvgIpc) is 3.36. The van der Waals surface area contributed by atoms with Crippen molar-refractivity contribution in [2.45, 2.75) is 56.9 Å². The third kappa shape index (κ3) is 6.13. The van der Waals surface area contributed by atoms with Crippen molar-refractivity contribution >= 4 is 30.7 Å². The molecule has 14 nitrogen and oxygen atoms in total. The Morgan fingerprint density at radius 2 is 2.07 bits per heavy atom. The molecule has 0 saturated carbocycles. The number of ether oxygens (including phenoxy) is 2. The van der Waals surface area contributed by atoms with Crippen LogP contribution in [0.4, 0.5) is 10.3 Å². The normalized spacial score (nSPS) is 24.6. The third-order valence-electron chi connectivity index (χ3n) is 6.15. The van der Waals surface area contributed by atoms with Crippen molar-refractivity contribution < 1.29 is 37.4 Å². The van der Waals surface area contributed by atoms with E-state index in [0.717, 1.165) is 10.8 Å². The van der Waals surface area contributed by atoms with Crippen LogP contribution in [-0.2, 0) is 23.4 Å². The summed E-state index contributed by atoms with van der Waals surface area (Å²) >= 11 is 0. The van der Waals surface area contributed by atoms with Gasteiger partial charge in [0.05, 0.1) is 12.7 Å². The number of carbonyl (C=O) groups excluding carboxylic acids is 1. The second-order valence-corrected chi connectivity index (χ2v) is 11.3. The second kappa shape index (κ2) is 11.6. The fourth-order valence-electron chi connectivity index (χ4n) is 4.20. The molecule has 16 heteroatoms.